The minimum absolute atomic E-state index is 0.0509. The lowest BCUT2D eigenvalue weighted by atomic mass is 10.0. The highest BCUT2D eigenvalue weighted by atomic mass is 32.2. The van der Waals surface area contributed by atoms with Crippen molar-refractivity contribution in [2.24, 2.45) is 0 Å². The molecule has 0 atom stereocenters. The minimum atomic E-state index is -5.08. The first-order chi connectivity index (χ1) is 14.6. The number of hydrogen-bond acceptors (Lipinski definition) is 5. The van der Waals surface area contributed by atoms with Gasteiger partial charge in [0.25, 0.3) is 0 Å². The summed E-state index contributed by atoms with van der Waals surface area (Å²) in [6.45, 7) is 5.01. The summed E-state index contributed by atoms with van der Waals surface area (Å²) in [4.78, 5) is 16.6. The molecule has 0 saturated heterocycles. The van der Waals surface area contributed by atoms with Crippen LogP contribution in [0.25, 0.3) is 22.2 Å². The Balaban J connectivity index is 0.000000451. The molecule has 0 amide bonds. The van der Waals surface area contributed by atoms with Gasteiger partial charge in [-0.2, -0.15) is 13.2 Å². The Kier molecular flexibility index (Phi) is 7.33. The molecule has 0 unspecified atom stereocenters. The lowest BCUT2D eigenvalue weighted by Gasteiger charge is -2.17. The van der Waals surface area contributed by atoms with Crippen molar-refractivity contribution in [3.8, 4) is 11.1 Å². The third-order valence-corrected chi connectivity index (χ3v) is 5.50. The molecule has 1 aromatic carbocycles. The number of H-pyrrole nitrogens is 1. The van der Waals surface area contributed by atoms with Gasteiger partial charge < -0.3 is 15.2 Å². The highest BCUT2D eigenvalue weighted by Gasteiger charge is 2.38. The number of sulfonamides is 1. The molecular weight excluding hydrogens is 451 g/mol. The second-order valence-electron chi connectivity index (χ2n) is 7.54. The van der Waals surface area contributed by atoms with Crippen LogP contribution in [0, 0.1) is 6.92 Å². The summed E-state index contributed by atoms with van der Waals surface area (Å²) in [6.07, 6.45) is -3.36. The second-order valence-corrected chi connectivity index (χ2v) is 9.30. The summed E-state index contributed by atoms with van der Waals surface area (Å²) in [5.74, 6) is -2.76. The average Bonchev–Trinajstić information content (AvgIpc) is 3.06. The Morgan fingerprint density at radius 2 is 1.72 bits per heavy atom. The van der Waals surface area contributed by atoms with Crippen LogP contribution >= 0.6 is 0 Å². The molecule has 8 nitrogen and oxygen atoms in total. The molecule has 0 aliphatic carbocycles. The molecule has 0 aliphatic heterocycles. The number of nitrogens with zero attached hydrogens (tertiary/aromatic N) is 1. The first kappa shape index (κ1) is 25.3. The van der Waals surface area contributed by atoms with E-state index in [9.17, 15) is 26.7 Å². The van der Waals surface area contributed by atoms with Crippen LogP contribution in [0.2, 0.25) is 0 Å². The minimum Gasteiger partial charge on any atom is -0.475 e. The van der Waals surface area contributed by atoms with Crippen LogP contribution in [0.4, 0.5) is 13.2 Å². The molecule has 0 bridgehead atoms. The van der Waals surface area contributed by atoms with Crippen molar-refractivity contribution >= 4 is 27.0 Å². The number of carboxylic acids is 1. The van der Waals surface area contributed by atoms with Gasteiger partial charge in [-0.05, 0) is 56.2 Å². The van der Waals surface area contributed by atoms with Gasteiger partial charge >= 0.3 is 12.1 Å². The summed E-state index contributed by atoms with van der Waals surface area (Å²) >= 11 is 0. The summed E-state index contributed by atoms with van der Waals surface area (Å²) in [5.41, 5.74) is 2.61. The fourth-order valence-corrected chi connectivity index (χ4v) is 3.78. The number of aliphatic hydroxyl groups is 1. The number of aromatic nitrogens is 2. The number of aryl methyl sites for hydroxylation is 1. The average molecular weight is 473 g/mol. The Bertz CT molecular complexity index is 1200. The number of nitrogens with one attached hydrogen (secondary N) is 2. The zero-order valence-corrected chi connectivity index (χ0v) is 18.2. The lowest BCUT2D eigenvalue weighted by molar-refractivity contribution is -0.192. The monoisotopic (exact) mass is 473 g/mol. The molecule has 2 aromatic heterocycles. The van der Waals surface area contributed by atoms with E-state index in [2.05, 4.69) is 14.7 Å². The first-order valence-electron chi connectivity index (χ1n) is 9.17. The van der Waals surface area contributed by atoms with Gasteiger partial charge in [-0.1, -0.05) is 12.1 Å². The molecule has 0 saturated carbocycles. The van der Waals surface area contributed by atoms with Gasteiger partial charge in [-0.25, -0.2) is 22.9 Å². The van der Waals surface area contributed by atoms with Gasteiger partial charge in [0.15, 0.2) is 0 Å². The molecule has 4 N–H and O–H groups in total. The van der Waals surface area contributed by atoms with Crippen molar-refractivity contribution in [1.29, 1.82) is 0 Å². The predicted octanol–water partition coefficient (Wildman–Crippen LogP) is 3.22. The molecular formula is C20H22F3N3O5S. The van der Waals surface area contributed by atoms with E-state index in [1.807, 2.05) is 19.1 Å². The Hall–Kier alpha value is -2.96. The van der Waals surface area contributed by atoms with Gasteiger partial charge in [0.2, 0.25) is 10.0 Å². The Labute approximate surface area is 182 Å². The van der Waals surface area contributed by atoms with Crippen LogP contribution in [-0.4, -0.2) is 52.9 Å². The highest BCUT2D eigenvalue weighted by Crippen LogP contribution is 2.28. The predicted molar refractivity (Wildman–Crippen MR) is 111 cm³/mol. The van der Waals surface area contributed by atoms with Crippen molar-refractivity contribution in [3.05, 3.63) is 48.3 Å². The second kappa shape index (κ2) is 9.27. The fraction of sp³-hybridized carbons (Fsp3) is 0.300. The largest absolute Gasteiger partial charge is 0.490 e. The molecule has 0 fully saturated rings. The maximum atomic E-state index is 12.3. The van der Waals surface area contributed by atoms with Crippen LogP contribution in [0.3, 0.4) is 0 Å². The lowest BCUT2D eigenvalue weighted by Crippen LogP contribution is -2.38. The van der Waals surface area contributed by atoms with Crippen molar-refractivity contribution in [3.63, 3.8) is 0 Å². The Morgan fingerprint density at radius 3 is 2.22 bits per heavy atom. The fourth-order valence-electron chi connectivity index (χ4n) is 2.58. The number of fused-ring (bicyclic) bond motifs is 1. The van der Waals surface area contributed by atoms with E-state index in [1.54, 1.807) is 44.3 Å². The van der Waals surface area contributed by atoms with E-state index in [0.29, 0.717) is 0 Å². The number of hydrogen-bond donors (Lipinski definition) is 4. The number of carboxylic acid groups (broad SMARTS) is 1. The smallest absolute Gasteiger partial charge is 0.475 e. The maximum absolute atomic E-state index is 12.3. The summed E-state index contributed by atoms with van der Waals surface area (Å²) in [6, 6.07) is 10.6. The number of benzene rings is 1. The highest BCUT2D eigenvalue weighted by molar-refractivity contribution is 7.89. The van der Waals surface area contributed by atoms with Gasteiger partial charge in [-0.3, -0.25) is 0 Å². The van der Waals surface area contributed by atoms with Crippen LogP contribution in [0.5, 0.6) is 0 Å². The molecule has 12 heteroatoms. The number of pyridine rings is 1. The molecule has 2 heterocycles. The van der Waals surface area contributed by atoms with Crippen molar-refractivity contribution in [2.45, 2.75) is 37.4 Å². The molecule has 0 radical (unpaired) electrons. The molecule has 0 spiro atoms. The van der Waals surface area contributed by atoms with E-state index < -0.39 is 27.8 Å². The number of rotatable bonds is 5. The summed E-state index contributed by atoms with van der Waals surface area (Å²) in [7, 11) is -3.66. The molecule has 3 aromatic rings. The molecule has 174 valence electrons. The van der Waals surface area contributed by atoms with Crippen LogP contribution in [-0.2, 0) is 14.8 Å². The van der Waals surface area contributed by atoms with Crippen LogP contribution in [0.1, 0.15) is 19.5 Å². The topological polar surface area (TPSA) is 132 Å². The van der Waals surface area contributed by atoms with E-state index in [1.165, 1.54) is 0 Å². The van der Waals surface area contributed by atoms with Crippen LogP contribution in [0.15, 0.2) is 47.5 Å². The Morgan fingerprint density at radius 1 is 1.16 bits per heavy atom. The SMILES string of the molecule is Cc1cc2c(-c3ccc(S(=O)(=O)NCC(C)(C)O)cc3)ccnc2[nH]1.O=C(O)C(F)(F)F. The molecule has 32 heavy (non-hydrogen) atoms. The van der Waals surface area contributed by atoms with Crippen molar-refractivity contribution in [1.82, 2.24) is 14.7 Å². The van der Waals surface area contributed by atoms with E-state index in [0.717, 1.165) is 27.9 Å². The zero-order valence-electron chi connectivity index (χ0n) is 17.4. The number of aromatic amines is 1. The maximum Gasteiger partial charge on any atom is 0.490 e. The quantitative estimate of drug-likeness (QED) is 0.450. The number of aliphatic carboxylic acids is 1. The van der Waals surface area contributed by atoms with Gasteiger partial charge in [0, 0.05) is 23.8 Å². The molecule has 0 aliphatic rings. The van der Waals surface area contributed by atoms with Gasteiger partial charge in [0.05, 0.1) is 10.5 Å². The summed E-state index contributed by atoms with van der Waals surface area (Å²) < 4.78 is 58.8. The van der Waals surface area contributed by atoms with Crippen molar-refractivity contribution < 1.29 is 36.6 Å². The number of carbonyl (C=O) groups is 1. The first-order valence-corrected chi connectivity index (χ1v) is 10.7. The van der Waals surface area contributed by atoms with E-state index in [4.69, 9.17) is 9.90 Å². The third kappa shape index (κ3) is 6.77. The van der Waals surface area contributed by atoms with E-state index >= 15 is 0 Å². The summed E-state index contributed by atoms with van der Waals surface area (Å²) in [5, 5.41) is 17.8. The number of alkyl halides is 3. The number of halogens is 3. The standard InChI is InChI=1S/C18H21N3O3S.C2HF3O2/c1-12-10-16-15(8-9-19-17(16)21-12)13-4-6-14(7-5-13)25(23,24)20-11-18(2,3)22;3-2(4,5)1(6)7/h4-10,20,22H,11H2,1-3H3,(H,19,21);(H,6,7). The van der Waals surface area contributed by atoms with Crippen molar-refractivity contribution in [2.75, 3.05) is 6.54 Å². The van der Waals surface area contributed by atoms with E-state index in [-0.39, 0.29) is 11.4 Å². The molecule has 3 rings (SSSR count). The van der Waals surface area contributed by atoms with Crippen LogP contribution < -0.4 is 4.72 Å². The van der Waals surface area contributed by atoms with Gasteiger partial charge in [-0.15, -0.1) is 0 Å². The zero-order chi connectivity index (χ0) is 24.3. The normalized spacial score (nSPS) is 12.3. The van der Waals surface area contributed by atoms with Gasteiger partial charge in [0.1, 0.15) is 5.65 Å². The third-order valence-electron chi connectivity index (χ3n) is 4.08.